The lowest BCUT2D eigenvalue weighted by molar-refractivity contribution is 0.134. The van der Waals surface area contributed by atoms with Crippen LogP contribution in [0, 0.1) is 23.7 Å². The number of benzene rings is 1. The monoisotopic (exact) mass is 467 g/mol. The maximum atomic E-state index is 10.8. The van der Waals surface area contributed by atoms with E-state index < -0.39 is 12.2 Å². The zero-order valence-corrected chi connectivity index (χ0v) is 21.7. The second-order valence-corrected chi connectivity index (χ2v) is 10.2. The van der Waals surface area contributed by atoms with Gasteiger partial charge < -0.3 is 19.8 Å². The van der Waals surface area contributed by atoms with Crippen molar-refractivity contribution in [3.63, 3.8) is 0 Å². The molecule has 1 aliphatic carbocycles. The van der Waals surface area contributed by atoms with Gasteiger partial charge in [-0.3, -0.25) is 0 Å². The SMILES string of the molecule is CC#CC[C@H](C)[C@H](O)C=C[C@@H]1[C@H]2c3cccc(CCCCN(CCC)CCC)c3O[C@H]2C[C@H]1O. The second kappa shape index (κ2) is 13.3. The van der Waals surface area contributed by atoms with Gasteiger partial charge in [0.2, 0.25) is 0 Å². The molecule has 2 aliphatic rings. The van der Waals surface area contributed by atoms with E-state index in [0.717, 1.165) is 18.6 Å². The Hall–Kier alpha value is -1.80. The standard InChI is InChI=1S/C30H45NO3/c1-5-8-12-22(4)26(32)17-16-24-27(33)21-28-29(24)25-15-11-14-23(30(25)34-28)13-9-10-20-31(18-6-2)19-7-3/h11,14-17,22,24,26-29,32-33H,6-7,9-10,12-13,18-21H2,1-4H3/t22-,24-,26+,27+,28-,29-/m0/s1. The smallest absolute Gasteiger partial charge is 0.126 e. The third-order valence-corrected chi connectivity index (χ3v) is 7.45. The molecule has 4 heteroatoms. The highest BCUT2D eigenvalue weighted by Crippen LogP contribution is 2.52. The average Bonchev–Trinajstić information content (AvgIpc) is 3.33. The molecule has 34 heavy (non-hydrogen) atoms. The van der Waals surface area contributed by atoms with Crippen LogP contribution in [0.1, 0.15) is 83.3 Å². The number of hydrogen-bond donors (Lipinski definition) is 2. The summed E-state index contributed by atoms with van der Waals surface area (Å²) in [6.07, 6.45) is 10.1. The fourth-order valence-corrected chi connectivity index (χ4v) is 5.60. The molecule has 3 rings (SSSR count). The zero-order chi connectivity index (χ0) is 24.5. The lowest BCUT2D eigenvalue weighted by Gasteiger charge is -2.21. The van der Waals surface area contributed by atoms with E-state index in [2.05, 4.69) is 48.8 Å². The average molecular weight is 468 g/mol. The first-order chi connectivity index (χ1) is 16.5. The van der Waals surface area contributed by atoms with E-state index in [0.29, 0.717) is 12.8 Å². The quantitative estimate of drug-likeness (QED) is 0.234. The van der Waals surface area contributed by atoms with Gasteiger partial charge in [0.1, 0.15) is 11.9 Å². The van der Waals surface area contributed by atoms with Crippen molar-refractivity contribution in [2.75, 3.05) is 19.6 Å². The molecule has 1 heterocycles. The normalized spacial score (nSPS) is 25.0. The van der Waals surface area contributed by atoms with E-state index in [-0.39, 0.29) is 23.9 Å². The van der Waals surface area contributed by atoms with Gasteiger partial charge in [-0.2, -0.15) is 0 Å². The number of aliphatic hydroxyl groups is 2. The molecule has 4 nitrogen and oxygen atoms in total. The Kier molecular flexibility index (Phi) is 10.5. The predicted molar refractivity (Wildman–Crippen MR) is 140 cm³/mol. The molecule has 188 valence electrons. The highest BCUT2D eigenvalue weighted by molar-refractivity contribution is 5.49. The van der Waals surface area contributed by atoms with Gasteiger partial charge in [-0.15, -0.1) is 11.8 Å². The van der Waals surface area contributed by atoms with Gasteiger partial charge in [-0.05, 0) is 70.1 Å². The first-order valence-electron chi connectivity index (χ1n) is 13.4. The molecule has 1 aromatic carbocycles. The van der Waals surface area contributed by atoms with Crippen LogP contribution in [-0.4, -0.2) is 53.1 Å². The number of hydrogen-bond acceptors (Lipinski definition) is 4. The maximum Gasteiger partial charge on any atom is 0.126 e. The largest absolute Gasteiger partial charge is 0.489 e. The van der Waals surface area contributed by atoms with Gasteiger partial charge in [-0.1, -0.05) is 51.1 Å². The summed E-state index contributed by atoms with van der Waals surface area (Å²) in [5.74, 6) is 7.19. The molecule has 2 N–H and O–H groups in total. The van der Waals surface area contributed by atoms with E-state index in [1.54, 1.807) is 0 Å². The van der Waals surface area contributed by atoms with E-state index >= 15 is 0 Å². The van der Waals surface area contributed by atoms with Gasteiger partial charge >= 0.3 is 0 Å². The highest BCUT2D eigenvalue weighted by atomic mass is 16.5. The summed E-state index contributed by atoms with van der Waals surface area (Å²) in [6.45, 7) is 11.9. The van der Waals surface area contributed by atoms with E-state index in [9.17, 15) is 10.2 Å². The van der Waals surface area contributed by atoms with Gasteiger partial charge in [0.15, 0.2) is 0 Å². The number of unbranched alkanes of at least 4 members (excludes halogenated alkanes) is 1. The van der Waals surface area contributed by atoms with Crippen LogP contribution in [0.4, 0.5) is 0 Å². The highest BCUT2D eigenvalue weighted by Gasteiger charge is 2.48. The van der Waals surface area contributed by atoms with Crippen molar-refractivity contribution in [1.29, 1.82) is 0 Å². The summed E-state index contributed by atoms with van der Waals surface area (Å²) < 4.78 is 6.44. The fraction of sp³-hybridized carbons (Fsp3) is 0.667. The van der Waals surface area contributed by atoms with Crippen LogP contribution >= 0.6 is 0 Å². The molecule has 0 radical (unpaired) electrons. The number of ether oxygens (including phenoxy) is 1. The Labute approximate surface area is 207 Å². The van der Waals surface area contributed by atoms with E-state index in [1.165, 1.54) is 50.0 Å². The Morgan fingerprint density at radius 1 is 1.18 bits per heavy atom. The Morgan fingerprint density at radius 3 is 2.65 bits per heavy atom. The molecule has 6 atom stereocenters. The fourth-order valence-electron chi connectivity index (χ4n) is 5.60. The number of nitrogens with zero attached hydrogens (tertiary/aromatic N) is 1. The third kappa shape index (κ3) is 6.66. The minimum Gasteiger partial charge on any atom is -0.489 e. The molecule has 1 fully saturated rings. The van der Waals surface area contributed by atoms with Crippen molar-refractivity contribution in [2.24, 2.45) is 11.8 Å². The molecular weight excluding hydrogens is 422 g/mol. The first kappa shape index (κ1) is 26.8. The molecular formula is C30H45NO3. The van der Waals surface area contributed by atoms with Crippen LogP contribution in [0.5, 0.6) is 5.75 Å². The van der Waals surface area contributed by atoms with Crippen LogP contribution in [0.15, 0.2) is 30.4 Å². The van der Waals surface area contributed by atoms with Gasteiger partial charge in [0.05, 0.1) is 12.2 Å². The van der Waals surface area contributed by atoms with Crippen LogP contribution in [0.3, 0.4) is 0 Å². The summed E-state index contributed by atoms with van der Waals surface area (Å²) in [5, 5.41) is 21.3. The summed E-state index contributed by atoms with van der Waals surface area (Å²) >= 11 is 0. The molecule has 0 unspecified atom stereocenters. The van der Waals surface area contributed by atoms with Crippen molar-refractivity contribution in [2.45, 2.75) is 96.9 Å². The molecule has 0 saturated heterocycles. The number of aliphatic hydroxyl groups excluding tert-OH is 2. The first-order valence-corrected chi connectivity index (χ1v) is 13.4. The summed E-state index contributed by atoms with van der Waals surface area (Å²) in [7, 11) is 0. The Balaban J connectivity index is 1.63. The Bertz CT molecular complexity index is 848. The lowest BCUT2D eigenvalue weighted by Crippen LogP contribution is -2.26. The van der Waals surface area contributed by atoms with Gasteiger partial charge in [0, 0.05) is 30.2 Å². The van der Waals surface area contributed by atoms with Crippen molar-refractivity contribution in [1.82, 2.24) is 4.90 Å². The molecule has 0 spiro atoms. The zero-order valence-electron chi connectivity index (χ0n) is 21.7. The van der Waals surface area contributed by atoms with Gasteiger partial charge in [0.25, 0.3) is 0 Å². The molecule has 0 amide bonds. The van der Waals surface area contributed by atoms with Crippen molar-refractivity contribution in [3.05, 3.63) is 41.5 Å². The van der Waals surface area contributed by atoms with Crippen molar-refractivity contribution >= 4 is 0 Å². The molecule has 0 aromatic heterocycles. The lowest BCUT2D eigenvalue weighted by atomic mass is 9.86. The van der Waals surface area contributed by atoms with Crippen LogP contribution in [0.25, 0.3) is 0 Å². The second-order valence-electron chi connectivity index (χ2n) is 10.2. The number of fused-ring (bicyclic) bond motifs is 3. The number of aryl methyl sites for hydroxylation is 1. The summed E-state index contributed by atoms with van der Waals surface area (Å²) in [5.41, 5.74) is 2.53. The topological polar surface area (TPSA) is 52.9 Å². The van der Waals surface area contributed by atoms with Gasteiger partial charge in [-0.25, -0.2) is 0 Å². The molecule has 1 aromatic rings. The summed E-state index contributed by atoms with van der Waals surface area (Å²) in [6, 6.07) is 6.52. The van der Waals surface area contributed by atoms with Crippen molar-refractivity contribution < 1.29 is 14.9 Å². The molecule has 1 aliphatic heterocycles. The minimum atomic E-state index is -0.555. The molecule has 0 bridgehead atoms. The van der Waals surface area contributed by atoms with Crippen LogP contribution < -0.4 is 4.74 Å². The summed E-state index contributed by atoms with van der Waals surface area (Å²) in [4.78, 5) is 2.58. The van der Waals surface area contributed by atoms with E-state index in [1.807, 2.05) is 26.0 Å². The van der Waals surface area contributed by atoms with E-state index in [4.69, 9.17) is 4.74 Å². The Morgan fingerprint density at radius 2 is 1.94 bits per heavy atom. The predicted octanol–water partition coefficient (Wildman–Crippen LogP) is 5.32. The number of rotatable bonds is 13. The number of para-hydroxylation sites is 1. The van der Waals surface area contributed by atoms with Crippen molar-refractivity contribution in [3.8, 4) is 17.6 Å². The van der Waals surface area contributed by atoms with Crippen LogP contribution in [-0.2, 0) is 6.42 Å². The minimum absolute atomic E-state index is 0.0194. The van der Waals surface area contributed by atoms with Crippen LogP contribution in [0.2, 0.25) is 0 Å². The molecule has 1 saturated carbocycles. The third-order valence-electron chi connectivity index (χ3n) is 7.45. The maximum absolute atomic E-state index is 10.8.